The molecule has 2 N–H and O–H groups in total. The second-order valence-electron chi connectivity index (χ2n) is 4.03. The van der Waals surface area contributed by atoms with E-state index in [1.165, 1.54) is 6.42 Å². The molecule has 1 saturated carbocycles. The van der Waals surface area contributed by atoms with Crippen molar-refractivity contribution in [3.05, 3.63) is 0 Å². The van der Waals surface area contributed by atoms with Crippen LogP contribution in [0.5, 0.6) is 0 Å². The van der Waals surface area contributed by atoms with E-state index in [4.69, 9.17) is 9.47 Å². The van der Waals surface area contributed by atoms with E-state index >= 15 is 0 Å². The molecule has 1 rings (SSSR count). The summed E-state index contributed by atoms with van der Waals surface area (Å²) < 4.78 is 10.5. The van der Waals surface area contributed by atoms with Gasteiger partial charge in [0.2, 0.25) is 0 Å². The molecule has 90 valence electrons. The number of methoxy groups -OCH3 is 1. The van der Waals surface area contributed by atoms with E-state index in [1.54, 1.807) is 7.11 Å². The molecule has 1 fully saturated rings. The Bertz CT molecular complexity index is 166. The van der Waals surface area contributed by atoms with E-state index in [1.807, 2.05) is 6.92 Å². The largest absolute Gasteiger partial charge is 0.389 e. The summed E-state index contributed by atoms with van der Waals surface area (Å²) in [6.07, 6.45) is 3.36. The van der Waals surface area contributed by atoms with Gasteiger partial charge in [-0.2, -0.15) is 0 Å². The summed E-state index contributed by atoms with van der Waals surface area (Å²) in [5.74, 6) is 0. The van der Waals surface area contributed by atoms with Crippen LogP contribution in [0, 0.1) is 0 Å². The molecule has 1 aliphatic carbocycles. The fraction of sp³-hybridized carbons (Fsp3) is 1.00. The minimum Gasteiger partial charge on any atom is -0.389 e. The lowest BCUT2D eigenvalue weighted by Gasteiger charge is -2.21. The second kappa shape index (κ2) is 7.17. The van der Waals surface area contributed by atoms with Crippen molar-refractivity contribution in [2.75, 3.05) is 26.9 Å². The van der Waals surface area contributed by atoms with Gasteiger partial charge in [-0.15, -0.1) is 0 Å². The summed E-state index contributed by atoms with van der Waals surface area (Å²) in [5, 5.41) is 12.9. The molecule has 0 aromatic rings. The Morgan fingerprint density at radius 3 is 2.93 bits per heavy atom. The van der Waals surface area contributed by atoms with Crippen molar-refractivity contribution in [3.8, 4) is 0 Å². The predicted octanol–water partition coefficient (Wildman–Crippen LogP) is 0.541. The van der Waals surface area contributed by atoms with Gasteiger partial charge in [0.05, 0.1) is 18.8 Å². The first-order chi connectivity index (χ1) is 7.27. The van der Waals surface area contributed by atoms with Crippen LogP contribution < -0.4 is 5.32 Å². The number of aliphatic hydroxyl groups excluding tert-OH is 1. The fourth-order valence-corrected chi connectivity index (χ4v) is 2.04. The van der Waals surface area contributed by atoms with Crippen molar-refractivity contribution in [1.82, 2.24) is 5.32 Å². The molecule has 0 aromatic carbocycles. The number of rotatable bonds is 7. The third-order valence-electron chi connectivity index (χ3n) is 2.89. The Labute approximate surface area is 92.0 Å². The number of nitrogens with one attached hydrogen (secondary N) is 1. The van der Waals surface area contributed by atoms with Crippen LogP contribution in [0.4, 0.5) is 0 Å². The molecule has 0 aliphatic heterocycles. The highest BCUT2D eigenvalue weighted by molar-refractivity contribution is 4.84. The number of aliphatic hydroxyl groups is 1. The van der Waals surface area contributed by atoms with Gasteiger partial charge >= 0.3 is 0 Å². The summed E-state index contributed by atoms with van der Waals surface area (Å²) in [7, 11) is 1.75. The first-order valence-corrected chi connectivity index (χ1v) is 5.80. The Hall–Kier alpha value is -0.160. The molecular weight excluding hydrogens is 194 g/mol. The van der Waals surface area contributed by atoms with Gasteiger partial charge in [-0.05, 0) is 26.2 Å². The van der Waals surface area contributed by atoms with Gasteiger partial charge in [0, 0.05) is 26.3 Å². The van der Waals surface area contributed by atoms with E-state index < -0.39 is 6.10 Å². The SMILES string of the molecule is CCOCC(O)CNC1CCCC1OC. The Balaban J connectivity index is 2.12. The Morgan fingerprint density at radius 2 is 2.27 bits per heavy atom. The first kappa shape index (κ1) is 12.9. The van der Waals surface area contributed by atoms with E-state index in [2.05, 4.69) is 5.32 Å². The summed E-state index contributed by atoms with van der Waals surface area (Å²) in [5.41, 5.74) is 0. The number of ether oxygens (including phenoxy) is 2. The minimum atomic E-state index is -0.414. The van der Waals surface area contributed by atoms with Crippen LogP contribution in [0.3, 0.4) is 0 Å². The highest BCUT2D eigenvalue weighted by Gasteiger charge is 2.26. The fourth-order valence-electron chi connectivity index (χ4n) is 2.04. The van der Waals surface area contributed by atoms with E-state index in [-0.39, 0.29) is 0 Å². The maximum absolute atomic E-state index is 9.57. The van der Waals surface area contributed by atoms with Gasteiger partial charge in [-0.3, -0.25) is 0 Å². The predicted molar refractivity (Wildman–Crippen MR) is 58.9 cm³/mol. The molecule has 0 amide bonds. The highest BCUT2D eigenvalue weighted by atomic mass is 16.5. The van der Waals surface area contributed by atoms with Crippen LogP contribution in [-0.4, -0.2) is 50.2 Å². The monoisotopic (exact) mass is 217 g/mol. The molecule has 15 heavy (non-hydrogen) atoms. The van der Waals surface area contributed by atoms with Crippen molar-refractivity contribution in [1.29, 1.82) is 0 Å². The van der Waals surface area contributed by atoms with Crippen molar-refractivity contribution < 1.29 is 14.6 Å². The third-order valence-corrected chi connectivity index (χ3v) is 2.89. The van der Waals surface area contributed by atoms with Crippen molar-refractivity contribution in [3.63, 3.8) is 0 Å². The van der Waals surface area contributed by atoms with Gasteiger partial charge in [0.25, 0.3) is 0 Å². The molecular formula is C11H23NO3. The van der Waals surface area contributed by atoms with E-state index in [9.17, 15) is 5.11 Å². The molecule has 0 aromatic heterocycles. The average molecular weight is 217 g/mol. The Kier molecular flexibility index (Phi) is 6.17. The standard InChI is InChI=1S/C11H23NO3/c1-3-15-8-9(13)7-12-10-5-4-6-11(10)14-2/h9-13H,3-8H2,1-2H3. The zero-order valence-corrected chi connectivity index (χ0v) is 9.74. The average Bonchev–Trinajstić information content (AvgIpc) is 2.70. The molecule has 4 nitrogen and oxygen atoms in total. The summed E-state index contributed by atoms with van der Waals surface area (Å²) in [6.45, 7) is 3.58. The quantitative estimate of drug-likeness (QED) is 0.653. The molecule has 0 bridgehead atoms. The van der Waals surface area contributed by atoms with Crippen LogP contribution in [0.1, 0.15) is 26.2 Å². The number of hydrogen-bond donors (Lipinski definition) is 2. The van der Waals surface area contributed by atoms with E-state index in [0.717, 1.165) is 12.8 Å². The topological polar surface area (TPSA) is 50.7 Å². The van der Waals surface area contributed by atoms with Gasteiger partial charge in [0.1, 0.15) is 0 Å². The molecule has 3 atom stereocenters. The molecule has 0 saturated heterocycles. The van der Waals surface area contributed by atoms with Crippen molar-refractivity contribution in [2.45, 2.75) is 44.4 Å². The maximum atomic E-state index is 9.57. The van der Waals surface area contributed by atoms with Crippen LogP contribution >= 0.6 is 0 Å². The van der Waals surface area contributed by atoms with Crippen molar-refractivity contribution in [2.24, 2.45) is 0 Å². The van der Waals surface area contributed by atoms with Gasteiger partial charge in [-0.1, -0.05) is 0 Å². The first-order valence-electron chi connectivity index (χ1n) is 5.80. The summed E-state index contributed by atoms with van der Waals surface area (Å²) in [4.78, 5) is 0. The summed E-state index contributed by atoms with van der Waals surface area (Å²) >= 11 is 0. The maximum Gasteiger partial charge on any atom is 0.0897 e. The molecule has 3 unspecified atom stereocenters. The molecule has 1 aliphatic rings. The van der Waals surface area contributed by atoms with Crippen LogP contribution in [0.2, 0.25) is 0 Å². The van der Waals surface area contributed by atoms with Gasteiger partial charge in [0.15, 0.2) is 0 Å². The lowest BCUT2D eigenvalue weighted by atomic mass is 10.2. The highest BCUT2D eigenvalue weighted by Crippen LogP contribution is 2.21. The molecule has 0 heterocycles. The molecule has 4 heteroatoms. The Morgan fingerprint density at radius 1 is 1.47 bits per heavy atom. The zero-order chi connectivity index (χ0) is 11.1. The minimum absolute atomic E-state index is 0.310. The third kappa shape index (κ3) is 4.47. The lowest BCUT2D eigenvalue weighted by Crippen LogP contribution is -2.42. The van der Waals surface area contributed by atoms with Crippen LogP contribution in [-0.2, 0) is 9.47 Å². The lowest BCUT2D eigenvalue weighted by molar-refractivity contribution is 0.0343. The second-order valence-corrected chi connectivity index (χ2v) is 4.03. The van der Waals surface area contributed by atoms with Crippen LogP contribution in [0.15, 0.2) is 0 Å². The molecule has 0 radical (unpaired) electrons. The van der Waals surface area contributed by atoms with Gasteiger partial charge < -0.3 is 19.9 Å². The van der Waals surface area contributed by atoms with Crippen LogP contribution in [0.25, 0.3) is 0 Å². The number of hydrogen-bond acceptors (Lipinski definition) is 4. The van der Waals surface area contributed by atoms with E-state index in [0.29, 0.717) is 31.9 Å². The molecule has 0 spiro atoms. The zero-order valence-electron chi connectivity index (χ0n) is 9.74. The normalized spacial score (nSPS) is 28.2. The van der Waals surface area contributed by atoms with Crippen molar-refractivity contribution >= 4 is 0 Å². The van der Waals surface area contributed by atoms with Gasteiger partial charge in [-0.25, -0.2) is 0 Å². The summed E-state index contributed by atoms with van der Waals surface area (Å²) in [6, 6.07) is 0.395. The smallest absolute Gasteiger partial charge is 0.0897 e.